The molecule has 0 spiro atoms. The van der Waals surface area contributed by atoms with E-state index < -0.39 is 0 Å². The number of aryl methyl sites for hydroxylation is 1. The molecule has 1 N–H and O–H groups in total. The van der Waals surface area contributed by atoms with Crippen LogP contribution < -0.4 is 15.8 Å². The highest BCUT2D eigenvalue weighted by atomic mass is 16.2. The predicted octanol–water partition coefficient (Wildman–Crippen LogP) is 2.57. The van der Waals surface area contributed by atoms with E-state index >= 15 is 0 Å². The Labute approximate surface area is 156 Å². The molecule has 1 amide bonds. The fourth-order valence-corrected chi connectivity index (χ4v) is 3.50. The zero-order valence-corrected chi connectivity index (χ0v) is 15.2. The quantitative estimate of drug-likeness (QED) is 0.774. The average Bonchev–Trinajstić information content (AvgIpc) is 2.71. The number of nitrogens with zero attached hydrogens (tertiary/aromatic N) is 4. The number of hydrogen-bond acceptors (Lipinski definition) is 5. The fraction of sp³-hybridized carbons (Fsp3) is 0.300. The Kier molecular flexibility index (Phi) is 4.58. The van der Waals surface area contributed by atoms with Crippen molar-refractivity contribution in [2.75, 3.05) is 23.3 Å². The molecule has 0 bridgehead atoms. The van der Waals surface area contributed by atoms with Crippen molar-refractivity contribution in [3.63, 3.8) is 0 Å². The number of anilines is 2. The summed E-state index contributed by atoms with van der Waals surface area (Å²) in [7, 11) is 1.52. The number of pyridine rings is 1. The van der Waals surface area contributed by atoms with Crippen LogP contribution in [-0.4, -0.2) is 33.8 Å². The molecule has 4 rings (SSSR count). The van der Waals surface area contributed by atoms with E-state index in [-0.39, 0.29) is 17.2 Å². The number of benzene rings is 1. The van der Waals surface area contributed by atoms with Gasteiger partial charge in [0.05, 0.1) is 5.69 Å². The molecule has 7 heteroatoms. The molecular formula is C20H21N5O2. The summed E-state index contributed by atoms with van der Waals surface area (Å²) in [6, 6.07) is 8.71. The van der Waals surface area contributed by atoms with Crippen LogP contribution in [0.2, 0.25) is 0 Å². The minimum atomic E-state index is -0.360. The first-order chi connectivity index (χ1) is 13.1. The normalized spacial score (nSPS) is 14.3. The molecule has 1 aromatic carbocycles. The standard InChI is InChI=1S/C20H21N5O2/c1-24-19(26)8-6-17(23-24)20(27)22-16-5-7-18(25-11-3-2-4-12-25)14-9-10-21-13-15(14)16/h5-10,13H,2-4,11-12H2,1H3,(H,22,27). The summed E-state index contributed by atoms with van der Waals surface area (Å²) in [6.07, 6.45) is 7.21. The van der Waals surface area contributed by atoms with Gasteiger partial charge in [0, 0.05) is 55.1 Å². The SMILES string of the molecule is Cn1nc(C(=O)Nc2ccc(N3CCCCC3)c3ccncc23)ccc1=O. The molecule has 0 aliphatic carbocycles. The number of hydrogen-bond donors (Lipinski definition) is 1. The van der Waals surface area contributed by atoms with Gasteiger partial charge in [-0.15, -0.1) is 0 Å². The Balaban J connectivity index is 1.69. The molecule has 1 aliphatic heterocycles. The van der Waals surface area contributed by atoms with Crippen LogP contribution in [0.1, 0.15) is 29.8 Å². The van der Waals surface area contributed by atoms with Crippen LogP contribution in [-0.2, 0) is 7.05 Å². The maximum Gasteiger partial charge on any atom is 0.276 e. The molecule has 2 aromatic heterocycles. The molecule has 0 radical (unpaired) electrons. The molecule has 1 fully saturated rings. The number of nitrogens with one attached hydrogen (secondary N) is 1. The second kappa shape index (κ2) is 7.19. The predicted molar refractivity (Wildman–Crippen MR) is 105 cm³/mol. The molecule has 27 heavy (non-hydrogen) atoms. The van der Waals surface area contributed by atoms with Crippen molar-refractivity contribution in [2.45, 2.75) is 19.3 Å². The summed E-state index contributed by atoms with van der Waals surface area (Å²) in [5.74, 6) is -0.360. The van der Waals surface area contributed by atoms with Gasteiger partial charge in [-0.1, -0.05) is 0 Å². The monoisotopic (exact) mass is 363 g/mol. The van der Waals surface area contributed by atoms with E-state index in [0.717, 1.165) is 28.5 Å². The lowest BCUT2D eigenvalue weighted by atomic mass is 10.0. The summed E-state index contributed by atoms with van der Waals surface area (Å²) in [6.45, 7) is 2.09. The molecule has 3 aromatic rings. The Morgan fingerprint density at radius 1 is 1.04 bits per heavy atom. The third kappa shape index (κ3) is 3.40. The van der Waals surface area contributed by atoms with Crippen molar-refractivity contribution in [3.05, 3.63) is 58.8 Å². The zero-order chi connectivity index (χ0) is 18.8. The minimum absolute atomic E-state index is 0.189. The molecule has 138 valence electrons. The maximum absolute atomic E-state index is 12.6. The van der Waals surface area contributed by atoms with Gasteiger partial charge in [0.15, 0.2) is 0 Å². The van der Waals surface area contributed by atoms with E-state index in [9.17, 15) is 9.59 Å². The molecule has 0 saturated carbocycles. The highest BCUT2D eigenvalue weighted by Gasteiger charge is 2.17. The number of carbonyl (C=O) groups excluding carboxylic acids is 1. The molecule has 0 unspecified atom stereocenters. The lowest BCUT2D eigenvalue weighted by Crippen LogP contribution is -2.29. The highest BCUT2D eigenvalue weighted by Crippen LogP contribution is 2.33. The lowest BCUT2D eigenvalue weighted by Gasteiger charge is -2.30. The van der Waals surface area contributed by atoms with E-state index in [1.807, 2.05) is 12.1 Å². The van der Waals surface area contributed by atoms with Crippen molar-refractivity contribution in [2.24, 2.45) is 7.05 Å². The molecule has 1 aliphatic rings. The van der Waals surface area contributed by atoms with Gasteiger partial charge in [-0.2, -0.15) is 5.10 Å². The summed E-state index contributed by atoms with van der Waals surface area (Å²) in [5, 5.41) is 8.87. The Morgan fingerprint density at radius 2 is 1.85 bits per heavy atom. The molecule has 7 nitrogen and oxygen atoms in total. The Bertz CT molecular complexity index is 1050. The van der Waals surface area contributed by atoms with Crippen LogP contribution in [0, 0.1) is 0 Å². The van der Waals surface area contributed by atoms with Gasteiger partial charge in [0.1, 0.15) is 5.69 Å². The van der Waals surface area contributed by atoms with E-state index in [1.54, 1.807) is 12.4 Å². The van der Waals surface area contributed by atoms with Crippen molar-refractivity contribution < 1.29 is 4.79 Å². The van der Waals surface area contributed by atoms with E-state index in [1.165, 1.54) is 44.1 Å². The van der Waals surface area contributed by atoms with Gasteiger partial charge in [-0.05, 0) is 43.5 Å². The number of fused-ring (bicyclic) bond motifs is 1. The molecular weight excluding hydrogens is 342 g/mol. The third-order valence-electron chi connectivity index (χ3n) is 4.93. The molecule has 0 atom stereocenters. The van der Waals surface area contributed by atoms with Gasteiger partial charge >= 0.3 is 0 Å². The topological polar surface area (TPSA) is 80.1 Å². The van der Waals surface area contributed by atoms with Crippen LogP contribution in [0.3, 0.4) is 0 Å². The van der Waals surface area contributed by atoms with Crippen LogP contribution in [0.5, 0.6) is 0 Å². The van der Waals surface area contributed by atoms with Crippen LogP contribution in [0.4, 0.5) is 11.4 Å². The van der Waals surface area contributed by atoms with Crippen LogP contribution >= 0.6 is 0 Å². The Hall–Kier alpha value is -3.22. The largest absolute Gasteiger partial charge is 0.371 e. The highest BCUT2D eigenvalue weighted by molar-refractivity contribution is 6.10. The van der Waals surface area contributed by atoms with Crippen molar-refractivity contribution in [3.8, 4) is 0 Å². The van der Waals surface area contributed by atoms with Gasteiger partial charge in [-0.25, -0.2) is 4.68 Å². The van der Waals surface area contributed by atoms with E-state index in [2.05, 4.69) is 26.4 Å². The second-order valence-electron chi connectivity index (χ2n) is 6.74. The minimum Gasteiger partial charge on any atom is -0.371 e. The van der Waals surface area contributed by atoms with E-state index in [4.69, 9.17) is 0 Å². The van der Waals surface area contributed by atoms with Crippen LogP contribution in [0.15, 0.2) is 47.5 Å². The smallest absolute Gasteiger partial charge is 0.276 e. The second-order valence-corrected chi connectivity index (χ2v) is 6.74. The Morgan fingerprint density at radius 3 is 2.63 bits per heavy atom. The van der Waals surface area contributed by atoms with Gasteiger partial charge in [0.25, 0.3) is 11.5 Å². The number of piperidine rings is 1. The van der Waals surface area contributed by atoms with Crippen molar-refractivity contribution in [1.29, 1.82) is 0 Å². The average molecular weight is 363 g/mol. The number of carbonyl (C=O) groups is 1. The number of aromatic nitrogens is 3. The summed E-state index contributed by atoms with van der Waals surface area (Å²) in [4.78, 5) is 30.7. The summed E-state index contributed by atoms with van der Waals surface area (Å²) < 4.78 is 1.15. The number of amides is 1. The van der Waals surface area contributed by atoms with Crippen molar-refractivity contribution >= 4 is 28.1 Å². The van der Waals surface area contributed by atoms with E-state index in [0.29, 0.717) is 5.69 Å². The molecule has 1 saturated heterocycles. The van der Waals surface area contributed by atoms with Gasteiger partial charge in [-0.3, -0.25) is 14.6 Å². The first kappa shape index (κ1) is 17.2. The number of rotatable bonds is 3. The van der Waals surface area contributed by atoms with Gasteiger partial charge < -0.3 is 10.2 Å². The summed E-state index contributed by atoms with van der Waals surface area (Å²) in [5.41, 5.74) is 1.78. The molecule has 3 heterocycles. The van der Waals surface area contributed by atoms with Crippen LogP contribution in [0.25, 0.3) is 10.8 Å². The summed E-state index contributed by atoms with van der Waals surface area (Å²) >= 11 is 0. The zero-order valence-electron chi connectivity index (χ0n) is 15.2. The lowest BCUT2D eigenvalue weighted by molar-refractivity contribution is 0.102. The maximum atomic E-state index is 12.6. The first-order valence-electron chi connectivity index (χ1n) is 9.11. The third-order valence-corrected chi connectivity index (χ3v) is 4.93. The van der Waals surface area contributed by atoms with Gasteiger partial charge in [0.2, 0.25) is 0 Å². The first-order valence-corrected chi connectivity index (χ1v) is 9.11. The van der Waals surface area contributed by atoms with Crippen molar-refractivity contribution in [1.82, 2.24) is 14.8 Å². The fourth-order valence-electron chi connectivity index (χ4n) is 3.50.